The third-order valence-corrected chi connectivity index (χ3v) is 5.17. The average Bonchev–Trinajstić information content (AvgIpc) is 2.69. The van der Waals surface area contributed by atoms with Crippen molar-refractivity contribution in [2.45, 2.75) is 37.8 Å². The molecule has 6 N–H and O–H groups in total. The normalized spacial score (nSPS) is 22.2. The van der Waals surface area contributed by atoms with Crippen LogP contribution in [0, 0.1) is 11.8 Å². The summed E-state index contributed by atoms with van der Waals surface area (Å²) in [6.07, 6.45) is 4.75. The molecule has 6 heteroatoms. The fourth-order valence-electron chi connectivity index (χ4n) is 2.85. The standard InChI is InChI=1S/C10H23N2O3P/c11-6-5-10(16(13,14)15)9(7-12)8-3-1-2-4-8/h8-10H,1-7,11-12H2,(H2,13,14,15). The summed E-state index contributed by atoms with van der Waals surface area (Å²) in [7, 11) is -4.08. The van der Waals surface area contributed by atoms with Gasteiger partial charge in [0.05, 0.1) is 5.66 Å². The van der Waals surface area contributed by atoms with Crippen molar-refractivity contribution in [3.8, 4) is 0 Å². The van der Waals surface area contributed by atoms with Gasteiger partial charge in [-0.05, 0) is 31.3 Å². The van der Waals surface area contributed by atoms with Crippen molar-refractivity contribution in [2.24, 2.45) is 23.3 Å². The van der Waals surface area contributed by atoms with Gasteiger partial charge in [0, 0.05) is 0 Å². The maximum absolute atomic E-state index is 11.5. The Labute approximate surface area is 96.7 Å². The van der Waals surface area contributed by atoms with Gasteiger partial charge in [-0.1, -0.05) is 25.7 Å². The molecule has 0 bridgehead atoms. The van der Waals surface area contributed by atoms with Crippen LogP contribution in [-0.2, 0) is 4.57 Å². The van der Waals surface area contributed by atoms with Gasteiger partial charge < -0.3 is 21.3 Å². The van der Waals surface area contributed by atoms with Gasteiger partial charge in [0.1, 0.15) is 0 Å². The molecule has 1 rings (SSSR count). The molecular formula is C10H23N2O3P. The molecule has 0 aromatic heterocycles. The van der Waals surface area contributed by atoms with E-state index < -0.39 is 13.3 Å². The van der Waals surface area contributed by atoms with E-state index in [2.05, 4.69) is 0 Å². The van der Waals surface area contributed by atoms with Gasteiger partial charge in [0.25, 0.3) is 0 Å². The quantitative estimate of drug-likeness (QED) is 0.517. The maximum Gasteiger partial charge on any atom is 0.328 e. The summed E-state index contributed by atoms with van der Waals surface area (Å²) in [4.78, 5) is 18.7. The molecule has 0 saturated heterocycles. The van der Waals surface area contributed by atoms with Crippen molar-refractivity contribution in [1.82, 2.24) is 0 Å². The number of nitrogens with two attached hydrogens (primary N) is 2. The molecule has 1 saturated carbocycles. The van der Waals surface area contributed by atoms with Crippen LogP contribution >= 0.6 is 7.60 Å². The Balaban J connectivity index is 2.76. The van der Waals surface area contributed by atoms with Gasteiger partial charge in [-0.2, -0.15) is 0 Å². The van der Waals surface area contributed by atoms with Crippen LogP contribution in [0.5, 0.6) is 0 Å². The summed E-state index contributed by atoms with van der Waals surface area (Å²) in [6, 6.07) is 0. The SMILES string of the molecule is NCCC(C(CN)C1CCCC1)P(=O)(O)O. The molecule has 0 aliphatic heterocycles. The highest BCUT2D eigenvalue weighted by Crippen LogP contribution is 2.50. The topological polar surface area (TPSA) is 110 Å². The minimum Gasteiger partial charge on any atom is -0.330 e. The Morgan fingerprint density at radius 1 is 1.25 bits per heavy atom. The van der Waals surface area contributed by atoms with Crippen LogP contribution in [0.1, 0.15) is 32.1 Å². The first kappa shape index (κ1) is 14.1. The molecule has 0 amide bonds. The van der Waals surface area contributed by atoms with E-state index in [0.717, 1.165) is 25.7 Å². The fraction of sp³-hybridized carbons (Fsp3) is 1.00. The predicted molar refractivity (Wildman–Crippen MR) is 64.0 cm³/mol. The summed E-state index contributed by atoms with van der Waals surface area (Å²) < 4.78 is 11.5. The third kappa shape index (κ3) is 3.54. The molecule has 16 heavy (non-hydrogen) atoms. The van der Waals surface area contributed by atoms with E-state index >= 15 is 0 Å². The Hall–Kier alpha value is 0.0700. The smallest absolute Gasteiger partial charge is 0.328 e. The van der Waals surface area contributed by atoms with Crippen molar-refractivity contribution >= 4 is 7.60 Å². The van der Waals surface area contributed by atoms with E-state index in [1.165, 1.54) is 0 Å². The fourth-order valence-corrected chi connectivity index (χ4v) is 4.20. The second-order valence-corrected chi connectivity index (χ2v) is 6.52. The van der Waals surface area contributed by atoms with Gasteiger partial charge >= 0.3 is 7.60 Å². The monoisotopic (exact) mass is 250 g/mol. The van der Waals surface area contributed by atoms with Crippen LogP contribution in [0.4, 0.5) is 0 Å². The highest BCUT2D eigenvalue weighted by atomic mass is 31.2. The van der Waals surface area contributed by atoms with Gasteiger partial charge in [-0.15, -0.1) is 0 Å². The lowest BCUT2D eigenvalue weighted by atomic mass is 9.86. The summed E-state index contributed by atoms with van der Waals surface area (Å²) in [5.74, 6) is 0.293. The van der Waals surface area contributed by atoms with Gasteiger partial charge in [-0.25, -0.2) is 0 Å². The molecular weight excluding hydrogens is 227 g/mol. The first-order chi connectivity index (χ1) is 7.50. The first-order valence-electron chi connectivity index (χ1n) is 5.96. The molecule has 0 radical (unpaired) electrons. The lowest BCUT2D eigenvalue weighted by Crippen LogP contribution is -2.34. The van der Waals surface area contributed by atoms with Crippen LogP contribution in [0.2, 0.25) is 0 Å². The van der Waals surface area contributed by atoms with Crippen molar-refractivity contribution in [1.29, 1.82) is 0 Å². The zero-order valence-corrected chi connectivity index (χ0v) is 10.5. The minimum absolute atomic E-state index is 0.0770. The number of hydrogen-bond donors (Lipinski definition) is 4. The zero-order chi connectivity index (χ0) is 12.2. The second-order valence-electron chi connectivity index (χ2n) is 4.68. The Morgan fingerprint density at radius 3 is 2.19 bits per heavy atom. The number of rotatable bonds is 6. The van der Waals surface area contributed by atoms with E-state index in [9.17, 15) is 14.4 Å². The molecule has 0 heterocycles. The largest absolute Gasteiger partial charge is 0.330 e. The molecule has 0 aromatic rings. The van der Waals surface area contributed by atoms with Gasteiger partial charge in [-0.3, -0.25) is 4.57 Å². The Bertz CT molecular complexity index is 250. The van der Waals surface area contributed by atoms with Crippen molar-refractivity contribution < 1.29 is 14.4 Å². The number of hydrogen-bond acceptors (Lipinski definition) is 3. The van der Waals surface area contributed by atoms with Gasteiger partial charge in [0.2, 0.25) is 0 Å². The van der Waals surface area contributed by atoms with Gasteiger partial charge in [0.15, 0.2) is 0 Å². The molecule has 96 valence electrons. The predicted octanol–water partition coefficient (Wildman–Crippen LogP) is 0.647. The van der Waals surface area contributed by atoms with E-state index in [0.29, 0.717) is 25.4 Å². The lowest BCUT2D eigenvalue weighted by Gasteiger charge is -2.31. The molecule has 2 atom stereocenters. The van der Waals surface area contributed by atoms with Crippen LogP contribution in [0.3, 0.4) is 0 Å². The molecule has 2 unspecified atom stereocenters. The van der Waals surface area contributed by atoms with E-state index in [4.69, 9.17) is 11.5 Å². The average molecular weight is 250 g/mol. The Kier molecular flexibility index (Phi) is 5.41. The molecule has 1 fully saturated rings. The third-order valence-electron chi connectivity index (χ3n) is 3.67. The van der Waals surface area contributed by atoms with Crippen LogP contribution in [0.25, 0.3) is 0 Å². The van der Waals surface area contributed by atoms with E-state index in [1.807, 2.05) is 0 Å². The summed E-state index contributed by atoms with van der Waals surface area (Å²) >= 11 is 0. The molecule has 1 aliphatic rings. The zero-order valence-electron chi connectivity index (χ0n) is 9.59. The van der Waals surface area contributed by atoms with Crippen molar-refractivity contribution in [2.75, 3.05) is 13.1 Å². The van der Waals surface area contributed by atoms with E-state index in [-0.39, 0.29) is 5.92 Å². The molecule has 1 aliphatic carbocycles. The summed E-state index contributed by atoms with van der Waals surface area (Å²) in [5.41, 5.74) is 10.5. The van der Waals surface area contributed by atoms with Crippen LogP contribution in [0.15, 0.2) is 0 Å². The summed E-state index contributed by atoms with van der Waals surface area (Å²) in [5, 5.41) is 0. The maximum atomic E-state index is 11.5. The lowest BCUT2D eigenvalue weighted by molar-refractivity contribution is 0.275. The summed E-state index contributed by atoms with van der Waals surface area (Å²) in [6.45, 7) is 0.652. The first-order valence-corrected chi connectivity index (χ1v) is 7.64. The van der Waals surface area contributed by atoms with Crippen molar-refractivity contribution in [3.05, 3.63) is 0 Å². The molecule has 0 aromatic carbocycles. The second kappa shape index (κ2) is 6.12. The van der Waals surface area contributed by atoms with Crippen LogP contribution < -0.4 is 11.5 Å². The molecule has 0 spiro atoms. The minimum atomic E-state index is -4.08. The Morgan fingerprint density at radius 2 is 1.81 bits per heavy atom. The van der Waals surface area contributed by atoms with Crippen molar-refractivity contribution in [3.63, 3.8) is 0 Å². The van der Waals surface area contributed by atoms with E-state index in [1.54, 1.807) is 0 Å². The van der Waals surface area contributed by atoms with Crippen LogP contribution in [-0.4, -0.2) is 28.5 Å². The highest BCUT2D eigenvalue weighted by Gasteiger charge is 2.39. The molecule has 5 nitrogen and oxygen atoms in total. The highest BCUT2D eigenvalue weighted by molar-refractivity contribution is 7.52.